The molecule has 0 unspecified atom stereocenters. The van der Waals surface area contributed by atoms with Crippen LogP contribution in [0.4, 0.5) is 0 Å². The molecular weight excluding hydrogens is 228 g/mol. The molecule has 1 aliphatic rings. The van der Waals surface area contributed by atoms with E-state index in [0.29, 0.717) is 12.5 Å². The quantitative estimate of drug-likeness (QED) is 0.830. The smallest absolute Gasteiger partial charge is 0.177 e. The monoisotopic (exact) mass is 246 g/mol. The summed E-state index contributed by atoms with van der Waals surface area (Å²) in [6.45, 7) is 2.64. The Morgan fingerprint density at radius 2 is 2.06 bits per heavy atom. The third kappa shape index (κ3) is 1.97. The third-order valence-corrected chi connectivity index (χ3v) is 3.67. The zero-order valence-corrected chi connectivity index (χ0v) is 10.6. The van der Waals surface area contributed by atoms with Gasteiger partial charge in [0, 0.05) is 5.92 Å². The molecule has 0 aliphatic carbocycles. The Morgan fingerprint density at radius 1 is 1.28 bits per heavy atom. The lowest BCUT2D eigenvalue weighted by molar-refractivity contribution is 0.252. The van der Waals surface area contributed by atoms with E-state index in [1.807, 2.05) is 6.07 Å². The Bertz CT molecular complexity index is 540. The lowest BCUT2D eigenvalue weighted by Gasteiger charge is -2.28. The molecule has 0 radical (unpaired) electrons. The topological polar surface area (TPSA) is 72.3 Å². The fraction of sp³-hybridized carbons (Fsp3) is 0.583. The molecule has 2 aromatic rings. The minimum absolute atomic E-state index is 0.366. The van der Waals surface area contributed by atoms with Crippen LogP contribution in [-0.2, 0) is 6.54 Å². The Morgan fingerprint density at radius 3 is 2.78 bits per heavy atom. The van der Waals surface area contributed by atoms with E-state index in [0.717, 1.165) is 43.1 Å². The van der Waals surface area contributed by atoms with Gasteiger partial charge in [-0.05, 0) is 45.1 Å². The molecule has 0 atom stereocenters. The van der Waals surface area contributed by atoms with Crippen molar-refractivity contribution in [1.82, 2.24) is 24.7 Å². The average molecular weight is 246 g/mol. The molecule has 1 fully saturated rings. The maximum absolute atomic E-state index is 5.64. The van der Waals surface area contributed by atoms with Gasteiger partial charge in [0.25, 0.3) is 0 Å². The van der Waals surface area contributed by atoms with E-state index in [9.17, 15) is 0 Å². The standard InChI is InChI=1S/C12H18N6/c1-17-6-4-9(5-7-17)10-2-3-11-14-15-12(8-13)18(11)16-10/h2-3,9H,4-8,13H2,1H3. The SMILES string of the molecule is CN1CCC(c2ccc3nnc(CN)n3n2)CC1. The summed E-state index contributed by atoms with van der Waals surface area (Å²) < 4.78 is 1.77. The highest BCUT2D eigenvalue weighted by atomic mass is 15.4. The van der Waals surface area contributed by atoms with Gasteiger partial charge in [0.1, 0.15) is 0 Å². The number of nitrogens with zero attached hydrogens (tertiary/aromatic N) is 5. The van der Waals surface area contributed by atoms with E-state index in [1.54, 1.807) is 4.52 Å². The zero-order valence-electron chi connectivity index (χ0n) is 10.6. The van der Waals surface area contributed by atoms with E-state index in [2.05, 4.69) is 33.3 Å². The molecule has 0 saturated carbocycles. The minimum Gasteiger partial charge on any atom is -0.324 e. The van der Waals surface area contributed by atoms with Gasteiger partial charge in [-0.3, -0.25) is 0 Å². The Balaban J connectivity index is 1.92. The maximum Gasteiger partial charge on any atom is 0.177 e. The van der Waals surface area contributed by atoms with Crippen molar-refractivity contribution < 1.29 is 0 Å². The van der Waals surface area contributed by atoms with Gasteiger partial charge < -0.3 is 10.6 Å². The first-order chi connectivity index (χ1) is 8.78. The van der Waals surface area contributed by atoms with Crippen molar-refractivity contribution in [3.63, 3.8) is 0 Å². The van der Waals surface area contributed by atoms with Crippen molar-refractivity contribution >= 4 is 5.65 Å². The molecule has 0 amide bonds. The van der Waals surface area contributed by atoms with Gasteiger partial charge in [-0.15, -0.1) is 10.2 Å². The zero-order chi connectivity index (χ0) is 12.5. The van der Waals surface area contributed by atoms with Crippen molar-refractivity contribution in [3.05, 3.63) is 23.7 Å². The lowest BCUT2D eigenvalue weighted by Crippen LogP contribution is -2.29. The fourth-order valence-electron chi connectivity index (χ4n) is 2.50. The second kappa shape index (κ2) is 4.62. The van der Waals surface area contributed by atoms with Crippen LogP contribution in [0, 0.1) is 0 Å². The molecule has 3 rings (SSSR count). The van der Waals surface area contributed by atoms with Gasteiger partial charge in [-0.25, -0.2) is 0 Å². The van der Waals surface area contributed by atoms with E-state index in [-0.39, 0.29) is 0 Å². The summed E-state index contributed by atoms with van der Waals surface area (Å²) in [5.74, 6) is 1.26. The Kier molecular flexibility index (Phi) is 2.97. The van der Waals surface area contributed by atoms with Crippen molar-refractivity contribution in [2.45, 2.75) is 25.3 Å². The summed E-state index contributed by atoms with van der Waals surface area (Å²) in [5, 5.41) is 12.7. The summed E-state index contributed by atoms with van der Waals surface area (Å²) in [5.41, 5.74) is 7.54. The molecule has 1 aliphatic heterocycles. The van der Waals surface area contributed by atoms with Crippen LogP contribution in [0.5, 0.6) is 0 Å². The van der Waals surface area contributed by atoms with Crippen LogP contribution < -0.4 is 5.73 Å². The predicted molar refractivity (Wildman–Crippen MR) is 68.1 cm³/mol. The minimum atomic E-state index is 0.366. The summed E-state index contributed by atoms with van der Waals surface area (Å²) in [6.07, 6.45) is 2.32. The summed E-state index contributed by atoms with van der Waals surface area (Å²) in [7, 11) is 2.17. The second-order valence-corrected chi connectivity index (χ2v) is 4.93. The normalized spacial score (nSPS) is 18.6. The van der Waals surface area contributed by atoms with E-state index in [1.165, 1.54) is 0 Å². The molecule has 6 heteroatoms. The Labute approximate surface area is 106 Å². The van der Waals surface area contributed by atoms with Gasteiger partial charge in [-0.1, -0.05) is 0 Å². The van der Waals surface area contributed by atoms with Gasteiger partial charge in [0.2, 0.25) is 0 Å². The van der Waals surface area contributed by atoms with Crippen LogP contribution >= 0.6 is 0 Å². The van der Waals surface area contributed by atoms with Gasteiger partial charge in [0.15, 0.2) is 11.5 Å². The van der Waals surface area contributed by atoms with E-state index in [4.69, 9.17) is 5.73 Å². The van der Waals surface area contributed by atoms with Crippen molar-refractivity contribution in [2.75, 3.05) is 20.1 Å². The fourth-order valence-corrected chi connectivity index (χ4v) is 2.50. The van der Waals surface area contributed by atoms with Crippen molar-refractivity contribution in [1.29, 1.82) is 0 Å². The number of aromatic nitrogens is 4. The molecule has 18 heavy (non-hydrogen) atoms. The van der Waals surface area contributed by atoms with Crippen LogP contribution in [0.2, 0.25) is 0 Å². The third-order valence-electron chi connectivity index (χ3n) is 3.67. The number of nitrogens with two attached hydrogens (primary N) is 1. The first-order valence-electron chi connectivity index (χ1n) is 6.38. The number of piperidine rings is 1. The summed E-state index contributed by atoms with van der Waals surface area (Å²) >= 11 is 0. The molecule has 2 aromatic heterocycles. The molecule has 3 heterocycles. The molecule has 1 saturated heterocycles. The van der Waals surface area contributed by atoms with Crippen molar-refractivity contribution in [3.8, 4) is 0 Å². The summed E-state index contributed by atoms with van der Waals surface area (Å²) in [4.78, 5) is 2.36. The van der Waals surface area contributed by atoms with Crippen LogP contribution in [0.15, 0.2) is 12.1 Å². The van der Waals surface area contributed by atoms with E-state index >= 15 is 0 Å². The molecule has 0 spiro atoms. The number of fused-ring (bicyclic) bond motifs is 1. The lowest BCUT2D eigenvalue weighted by atomic mass is 9.94. The van der Waals surface area contributed by atoms with Gasteiger partial charge in [0.05, 0.1) is 12.2 Å². The van der Waals surface area contributed by atoms with E-state index < -0.39 is 0 Å². The highest BCUT2D eigenvalue weighted by molar-refractivity contribution is 5.36. The van der Waals surface area contributed by atoms with Crippen LogP contribution in [0.3, 0.4) is 0 Å². The number of hydrogen-bond donors (Lipinski definition) is 1. The number of rotatable bonds is 2. The molecule has 0 bridgehead atoms. The van der Waals surface area contributed by atoms with Crippen LogP contribution in [0.1, 0.15) is 30.3 Å². The molecule has 2 N–H and O–H groups in total. The van der Waals surface area contributed by atoms with Crippen LogP contribution in [-0.4, -0.2) is 44.8 Å². The molecule has 6 nitrogen and oxygen atoms in total. The van der Waals surface area contributed by atoms with Crippen molar-refractivity contribution in [2.24, 2.45) is 5.73 Å². The van der Waals surface area contributed by atoms with Gasteiger partial charge >= 0.3 is 0 Å². The largest absolute Gasteiger partial charge is 0.324 e. The maximum atomic E-state index is 5.64. The predicted octanol–water partition coefficient (Wildman–Crippen LogP) is 0.392. The second-order valence-electron chi connectivity index (χ2n) is 4.93. The Hall–Kier alpha value is -1.53. The molecule has 0 aromatic carbocycles. The van der Waals surface area contributed by atoms with Gasteiger partial charge in [-0.2, -0.15) is 9.61 Å². The summed E-state index contributed by atoms with van der Waals surface area (Å²) in [6, 6.07) is 4.05. The number of hydrogen-bond acceptors (Lipinski definition) is 5. The first kappa shape index (κ1) is 11.6. The average Bonchev–Trinajstić information content (AvgIpc) is 2.81. The van der Waals surface area contributed by atoms with Crippen LogP contribution in [0.25, 0.3) is 5.65 Å². The highest BCUT2D eigenvalue weighted by Gasteiger charge is 2.20. The first-order valence-corrected chi connectivity index (χ1v) is 6.38. The molecule has 96 valence electrons. The molecular formula is C12H18N6. The highest BCUT2D eigenvalue weighted by Crippen LogP contribution is 2.25. The number of likely N-dealkylation sites (tertiary alicyclic amines) is 1.